The van der Waals surface area contributed by atoms with Crippen molar-refractivity contribution in [1.82, 2.24) is 5.32 Å². The summed E-state index contributed by atoms with van der Waals surface area (Å²) in [5, 5.41) is 2.68. The normalized spacial score (nSPS) is 10.6. The van der Waals surface area contributed by atoms with Crippen molar-refractivity contribution in [1.29, 1.82) is 0 Å². The highest BCUT2D eigenvalue weighted by molar-refractivity contribution is 5.94. The zero-order valence-corrected chi connectivity index (χ0v) is 13.8. The minimum Gasteiger partial charge on any atom is -0.493 e. The maximum Gasteiger partial charge on any atom is 0.387 e. The van der Waals surface area contributed by atoms with Crippen LogP contribution < -0.4 is 14.8 Å². The molecule has 0 bridgehead atoms. The molecular formula is C18H18F3NO3. The Morgan fingerprint density at radius 2 is 1.92 bits per heavy atom. The van der Waals surface area contributed by atoms with E-state index in [0.717, 1.165) is 5.56 Å². The summed E-state index contributed by atoms with van der Waals surface area (Å²) in [7, 11) is 1.35. The molecule has 0 aliphatic carbocycles. The molecule has 0 unspecified atom stereocenters. The number of methoxy groups -OCH3 is 1. The van der Waals surface area contributed by atoms with Crippen molar-refractivity contribution < 1.29 is 27.4 Å². The SMILES string of the molecule is COc1cc(CCNC(=O)c2ccc(C)c(F)c2)ccc1OC(F)F. The first kappa shape index (κ1) is 18.6. The van der Waals surface area contributed by atoms with Gasteiger partial charge in [0.25, 0.3) is 5.91 Å². The van der Waals surface area contributed by atoms with Crippen molar-refractivity contribution in [3.8, 4) is 11.5 Å². The molecule has 2 rings (SSSR count). The lowest BCUT2D eigenvalue weighted by atomic mass is 10.1. The summed E-state index contributed by atoms with van der Waals surface area (Å²) >= 11 is 0. The topological polar surface area (TPSA) is 47.6 Å². The fourth-order valence-corrected chi connectivity index (χ4v) is 2.22. The second-order valence-electron chi connectivity index (χ2n) is 5.33. The quantitative estimate of drug-likeness (QED) is 0.825. The number of hydrogen-bond acceptors (Lipinski definition) is 3. The third-order valence-corrected chi connectivity index (χ3v) is 3.58. The van der Waals surface area contributed by atoms with Gasteiger partial charge in [0.15, 0.2) is 11.5 Å². The summed E-state index contributed by atoms with van der Waals surface area (Å²) in [6.07, 6.45) is 0.450. The van der Waals surface area contributed by atoms with E-state index in [-0.39, 0.29) is 23.0 Å². The standard InChI is InChI=1S/C18H18F3NO3/c1-11-3-5-13(10-14(11)19)17(23)22-8-7-12-4-6-15(25-18(20)21)16(9-12)24-2/h3-6,9-10,18H,7-8H2,1-2H3,(H,22,23). The van der Waals surface area contributed by atoms with Gasteiger partial charge in [0.1, 0.15) is 5.82 Å². The predicted octanol–water partition coefficient (Wildman–Crippen LogP) is 3.72. The number of benzene rings is 2. The molecule has 2 aromatic carbocycles. The lowest BCUT2D eigenvalue weighted by Gasteiger charge is -2.12. The maximum absolute atomic E-state index is 13.5. The van der Waals surface area contributed by atoms with Gasteiger partial charge in [-0.25, -0.2) is 4.39 Å². The van der Waals surface area contributed by atoms with Crippen LogP contribution in [0.4, 0.5) is 13.2 Å². The van der Waals surface area contributed by atoms with E-state index >= 15 is 0 Å². The Morgan fingerprint density at radius 1 is 1.16 bits per heavy atom. The first-order valence-corrected chi connectivity index (χ1v) is 7.56. The predicted molar refractivity (Wildman–Crippen MR) is 86.8 cm³/mol. The van der Waals surface area contributed by atoms with Crippen LogP contribution in [0.3, 0.4) is 0 Å². The molecule has 4 nitrogen and oxygen atoms in total. The Hall–Kier alpha value is -2.70. The highest BCUT2D eigenvalue weighted by Crippen LogP contribution is 2.29. The number of rotatable bonds is 7. The monoisotopic (exact) mass is 353 g/mol. The van der Waals surface area contributed by atoms with Crippen molar-refractivity contribution in [2.75, 3.05) is 13.7 Å². The van der Waals surface area contributed by atoms with Gasteiger partial charge in [-0.05, 0) is 48.7 Å². The third-order valence-electron chi connectivity index (χ3n) is 3.58. The van der Waals surface area contributed by atoms with Gasteiger partial charge in [0, 0.05) is 12.1 Å². The number of hydrogen-bond donors (Lipinski definition) is 1. The van der Waals surface area contributed by atoms with Crippen LogP contribution in [-0.2, 0) is 6.42 Å². The van der Waals surface area contributed by atoms with Gasteiger partial charge in [0.2, 0.25) is 0 Å². The first-order chi connectivity index (χ1) is 11.9. The maximum atomic E-state index is 13.5. The molecule has 0 fully saturated rings. The van der Waals surface area contributed by atoms with Gasteiger partial charge >= 0.3 is 6.61 Å². The van der Waals surface area contributed by atoms with Gasteiger partial charge in [-0.3, -0.25) is 4.79 Å². The molecule has 0 saturated heterocycles. The van der Waals surface area contributed by atoms with E-state index in [1.165, 1.54) is 25.3 Å². The van der Waals surface area contributed by atoms with Gasteiger partial charge < -0.3 is 14.8 Å². The molecule has 1 amide bonds. The van der Waals surface area contributed by atoms with E-state index in [0.29, 0.717) is 18.5 Å². The smallest absolute Gasteiger partial charge is 0.387 e. The van der Waals surface area contributed by atoms with Gasteiger partial charge in [-0.15, -0.1) is 0 Å². The zero-order valence-electron chi connectivity index (χ0n) is 13.8. The van der Waals surface area contributed by atoms with Crippen molar-refractivity contribution in [3.05, 3.63) is 58.9 Å². The molecule has 7 heteroatoms. The first-order valence-electron chi connectivity index (χ1n) is 7.56. The number of carbonyl (C=O) groups is 1. The number of ether oxygens (including phenoxy) is 2. The van der Waals surface area contributed by atoms with E-state index < -0.39 is 12.4 Å². The van der Waals surface area contributed by atoms with E-state index in [4.69, 9.17) is 4.74 Å². The minimum atomic E-state index is -2.94. The third kappa shape index (κ3) is 5.14. The average molecular weight is 353 g/mol. The fraction of sp³-hybridized carbons (Fsp3) is 0.278. The van der Waals surface area contributed by atoms with Crippen LogP contribution in [0.25, 0.3) is 0 Å². The molecule has 0 atom stereocenters. The lowest BCUT2D eigenvalue weighted by molar-refractivity contribution is -0.0512. The molecule has 134 valence electrons. The number of carbonyl (C=O) groups excluding carboxylic acids is 1. The summed E-state index contributed by atoms with van der Waals surface area (Å²) < 4.78 is 47.4. The van der Waals surface area contributed by atoms with Crippen molar-refractivity contribution >= 4 is 5.91 Å². The molecule has 0 saturated carbocycles. The van der Waals surface area contributed by atoms with E-state index in [2.05, 4.69) is 10.1 Å². The van der Waals surface area contributed by atoms with Crippen molar-refractivity contribution in [2.24, 2.45) is 0 Å². The zero-order chi connectivity index (χ0) is 18.4. The van der Waals surface area contributed by atoms with Crippen LogP contribution >= 0.6 is 0 Å². The molecule has 0 aliphatic heterocycles. The van der Waals surface area contributed by atoms with Crippen molar-refractivity contribution in [3.63, 3.8) is 0 Å². The molecule has 25 heavy (non-hydrogen) atoms. The molecule has 0 spiro atoms. The van der Waals surface area contributed by atoms with Crippen LogP contribution in [0.2, 0.25) is 0 Å². The fourth-order valence-electron chi connectivity index (χ4n) is 2.22. The second-order valence-corrected chi connectivity index (χ2v) is 5.33. The van der Waals surface area contributed by atoms with E-state index in [9.17, 15) is 18.0 Å². The molecule has 0 aromatic heterocycles. The summed E-state index contributed by atoms with van der Waals surface area (Å²) in [5.41, 5.74) is 1.48. The Kier molecular flexibility index (Phi) is 6.27. The molecule has 1 N–H and O–H groups in total. The minimum absolute atomic E-state index is 0.0552. The Labute approximate surface area is 143 Å². The Bertz CT molecular complexity index is 750. The van der Waals surface area contributed by atoms with Crippen molar-refractivity contribution in [2.45, 2.75) is 20.0 Å². The van der Waals surface area contributed by atoms with Gasteiger partial charge in [0.05, 0.1) is 7.11 Å². The van der Waals surface area contributed by atoms with Crippen LogP contribution in [0.1, 0.15) is 21.5 Å². The highest BCUT2D eigenvalue weighted by atomic mass is 19.3. The van der Waals surface area contributed by atoms with Crippen LogP contribution in [0.5, 0.6) is 11.5 Å². The summed E-state index contributed by atoms with van der Waals surface area (Å²) in [6, 6.07) is 8.83. The second kappa shape index (κ2) is 8.41. The molecule has 0 aliphatic rings. The highest BCUT2D eigenvalue weighted by Gasteiger charge is 2.12. The summed E-state index contributed by atoms with van der Waals surface area (Å²) in [4.78, 5) is 12.0. The van der Waals surface area contributed by atoms with Gasteiger partial charge in [-0.2, -0.15) is 8.78 Å². The molecule has 0 radical (unpaired) electrons. The van der Waals surface area contributed by atoms with E-state index in [1.807, 2.05) is 0 Å². The number of alkyl halides is 2. The Morgan fingerprint density at radius 3 is 2.56 bits per heavy atom. The number of aryl methyl sites for hydroxylation is 1. The van der Waals surface area contributed by atoms with Crippen LogP contribution in [0, 0.1) is 12.7 Å². The molecule has 0 heterocycles. The lowest BCUT2D eigenvalue weighted by Crippen LogP contribution is -2.25. The Balaban J connectivity index is 1.94. The van der Waals surface area contributed by atoms with Crippen LogP contribution in [0.15, 0.2) is 36.4 Å². The van der Waals surface area contributed by atoms with Crippen LogP contribution in [-0.4, -0.2) is 26.2 Å². The number of halogens is 3. The van der Waals surface area contributed by atoms with Gasteiger partial charge in [-0.1, -0.05) is 12.1 Å². The average Bonchev–Trinajstić information content (AvgIpc) is 2.57. The summed E-state index contributed by atoms with van der Waals surface area (Å²) in [5.74, 6) is -0.694. The number of nitrogens with one attached hydrogen (secondary N) is 1. The summed E-state index contributed by atoms with van der Waals surface area (Å²) in [6.45, 7) is -1.02. The molecule has 2 aromatic rings. The number of amides is 1. The molecular weight excluding hydrogens is 335 g/mol. The van der Waals surface area contributed by atoms with E-state index in [1.54, 1.807) is 25.1 Å². The largest absolute Gasteiger partial charge is 0.493 e.